The van der Waals surface area contributed by atoms with Gasteiger partial charge < -0.3 is 19.1 Å². The summed E-state index contributed by atoms with van der Waals surface area (Å²) in [6, 6.07) is 66.5. The fourth-order valence-electron chi connectivity index (χ4n) is 8.99. The first kappa shape index (κ1) is 38.3. The zero-order chi connectivity index (χ0) is 40.3. The molecule has 11 rings (SSSR count). The van der Waals surface area contributed by atoms with E-state index in [-0.39, 0.29) is 21.1 Å². The molecule has 0 amide bonds. The van der Waals surface area contributed by atoms with Crippen molar-refractivity contribution in [2.24, 2.45) is 0 Å². The smallest absolute Gasteiger partial charge is 0.135 e. The molecule has 3 heterocycles. The van der Waals surface area contributed by atoms with Gasteiger partial charge in [0.15, 0.2) is 0 Å². The number of ether oxygens (including phenoxy) is 1. The molecule has 0 N–H and O–H groups in total. The van der Waals surface area contributed by atoms with Gasteiger partial charge in [0.25, 0.3) is 0 Å². The van der Waals surface area contributed by atoms with Crippen molar-refractivity contribution in [3.63, 3.8) is 0 Å². The van der Waals surface area contributed by atoms with Crippen LogP contribution in [0.15, 0.2) is 176 Å². The van der Waals surface area contributed by atoms with E-state index in [1.165, 1.54) is 49.7 Å². The molecule has 61 heavy (non-hydrogen) atoms. The molecule has 0 fully saturated rings. The molecule has 0 saturated carbocycles. The Balaban J connectivity index is 0.00000445. The molecule has 6 heteroatoms. The van der Waals surface area contributed by atoms with Crippen molar-refractivity contribution in [3.8, 4) is 39.6 Å². The molecular formula is C55H39N4OPt-3. The van der Waals surface area contributed by atoms with Crippen molar-refractivity contribution < 1.29 is 25.8 Å². The summed E-state index contributed by atoms with van der Waals surface area (Å²) >= 11 is 0. The van der Waals surface area contributed by atoms with Crippen LogP contribution in [0.3, 0.4) is 0 Å². The molecule has 1 aliphatic heterocycles. The fourth-order valence-corrected chi connectivity index (χ4v) is 8.99. The van der Waals surface area contributed by atoms with Gasteiger partial charge in [-0.1, -0.05) is 121 Å². The molecule has 8 aromatic carbocycles. The largest absolute Gasteiger partial charge is 0.509 e. The van der Waals surface area contributed by atoms with E-state index in [0.717, 1.165) is 50.4 Å². The number of aromatic nitrogens is 2. The number of hydrogen-bond acceptors (Lipinski definition) is 4. The fraction of sp³-hybridized carbons (Fsp3) is 0.0545. The number of hydrogen-bond donors (Lipinski definition) is 0. The molecule has 0 radical (unpaired) electrons. The van der Waals surface area contributed by atoms with Crippen molar-refractivity contribution in [2.45, 2.75) is 20.8 Å². The third-order valence-electron chi connectivity index (χ3n) is 12.0. The molecule has 298 valence electrons. The van der Waals surface area contributed by atoms with Crippen LogP contribution in [0.4, 0.5) is 22.7 Å². The first-order valence-electron chi connectivity index (χ1n) is 20.3. The predicted octanol–water partition coefficient (Wildman–Crippen LogP) is 14.4. The first-order valence-corrected chi connectivity index (χ1v) is 20.3. The van der Waals surface area contributed by atoms with Crippen LogP contribution in [0.2, 0.25) is 0 Å². The molecule has 0 spiro atoms. The number of nitrogens with zero attached hydrogens (tertiary/aromatic N) is 4. The third kappa shape index (κ3) is 6.40. The third-order valence-corrected chi connectivity index (χ3v) is 12.0. The number of pyridine rings is 1. The van der Waals surface area contributed by atoms with Crippen LogP contribution in [0.1, 0.15) is 16.7 Å². The van der Waals surface area contributed by atoms with Gasteiger partial charge >= 0.3 is 0 Å². The van der Waals surface area contributed by atoms with Crippen LogP contribution < -0.4 is 14.5 Å². The van der Waals surface area contributed by atoms with E-state index in [2.05, 4.69) is 187 Å². The van der Waals surface area contributed by atoms with Gasteiger partial charge in [0.1, 0.15) is 5.82 Å². The summed E-state index contributed by atoms with van der Waals surface area (Å²) in [5.74, 6) is 2.02. The maximum atomic E-state index is 6.64. The Morgan fingerprint density at radius 3 is 1.89 bits per heavy atom. The SMILES string of the molecule is Cc1c(C)c(-c2ccccc2)c(N2[CH-]N(c3[c-]c(Oc4[c-]c5c(cc4)c4ccccc4n5-c4ccccn4)ccc3)c3ccc4ccccc4c32)c(-c2ccccc2)c1C.[Pt]. The van der Waals surface area contributed by atoms with Crippen LogP contribution in [-0.2, 0) is 21.1 Å². The number of benzene rings is 8. The van der Waals surface area contributed by atoms with Crippen molar-refractivity contribution in [2.75, 3.05) is 9.80 Å². The summed E-state index contributed by atoms with van der Waals surface area (Å²) in [7, 11) is 0. The topological polar surface area (TPSA) is 33.5 Å². The van der Waals surface area contributed by atoms with E-state index in [4.69, 9.17) is 9.72 Å². The van der Waals surface area contributed by atoms with Gasteiger partial charge in [-0.2, -0.15) is 12.1 Å². The van der Waals surface area contributed by atoms with Gasteiger partial charge in [-0.3, -0.25) is 0 Å². The van der Waals surface area contributed by atoms with Gasteiger partial charge in [-0.05, 0) is 83.6 Å². The Bertz CT molecular complexity index is 3190. The molecule has 10 aromatic rings. The average Bonchev–Trinajstić information content (AvgIpc) is 3.85. The van der Waals surface area contributed by atoms with Gasteiger partial charge in [0, 0.05) is 77.9 Å². The summed E-state index contributed by atoms with van der Waals surface area (Å²) in [5.41, 5.74) is 14.7. The monoisotopic (exact) mass is 966 g/mol. The Labute approximate surface area is 370 Å². The standard InChI is InChI=1S/C55H39N4O.Pt/c1-36-37(2)52(40-18-6-4-7-19-40)55(53(38(36)3)41-20-8-5-9-21-41)58-35-57(49-31-28-39-17-10-11-24-45(39)54(49)58)42-22-16-23-43(33-42)60-44-29-30-47-46-25-12-13-26-48(46)59(50(47)34-44)51-27-14-15-32-56-51;/h4-32,35H,1-3H3;/q-3;. The maximum Gasteiger partial charge on any atom is 0.135 e. The minimum absolute atomic E-state index is 0. The zero-order valence-electron chi connectivity index (χ0n) is 33.8. The predicted molar refractivity (Wildman–Crippen MR) is 247 cm³/mol. The summed E-state index contributed by atoms with van der Waals surface area (Å²) < 4.78 is 8.79. The Hall–Kier alpha value is -6.94. The van der Waals surface area contributed by atoms with E-state index in [9.17, 15) is 0 Å². The molecule has 0 unspecified atom stereocenters. The van der Waals surface area contributed by atoms with Crippen molar-refractivity contribution in [1.82, 2.24) is 9.55 Å². The minimum Gasteiger partial charge on any atom is -0.509 e. The Morgan fingerprint density at radius 1 is 0.508 bits per heavy atom. The molecule has 0 saturated heterocycles. The second-order valence-corrected chi connectivity index (χ2v) is 15.3. The number of fused-ring (bicyclic) bond motifs is 6. The van der Waals surface area contributed by atoms with E-state index in [1.807, 2.05) is 42.6 Å². The van der Waals surface area contributed by atoms with Crippen LogP contribution in [0.25, 0.3) is 60.6 Å². The number of rotatable bonds is 7. The zero-order valence-corrected chi connectivity index (χ0v) is 36.1. The van der Waals surface area contributed by atoms with Crippen LogP contribution in [0.5, 0.6) is 11.5 Å². The Morgan fingerprint density at radius 2 is 1.16 bits per heavy atom. The van der Waals surface area contributed by atoms with Crippen molar-refractivity contribution >= 4 is 55.3 Å². The van der Waals surface area contributed by atoms with E-state index < -0.39 is 0 Å². The molecular weight excluding hydrogens is 928 g/mol. The number of para-hydroxylation sites is 1. The summed E-state index contributed by atoms with van der Waals surface area (Å²) in [4.78, 5) is 9.36. The van der Waals surface area contributed by atoms with Gasteiger partial charge in [0.2, 0.25) is 0 Å². The van der Waals surface area contributed by atoms with Crippen molar-refractivity contribution in [1.29, 1.82) is 0 Å². The van der Waals surface area contributed by atoms with Crippen LogP contribution in [-0.4, -0.2) is 9.55 Å². The normalized spacial score (nSPS) is 12.2. The molecule has 0 atom stereocenters. The number of anilines is 4. The van der Waals surface area contributed by atoms with E-state index in [1.54, 1.807) is 0 Å². The molecule has 5 nitrogen and oxygen atoms in total. The van der Waals surface area contributed by atoms with Crippen LogP contribution >= 0.6 is 0 Å². The van der Waals surface area contributed by atoms with Gasteiger partial charge in [-0.25, -0.2) is 4.98 Å². The van der Waals surface area contributed by atoms with E-state index in [0.29, 0.717) is 11.5 Å². The average molecular weight is 967 g/mol. The summed E-state index contributed by atoms with van der Waals surface area (Å²) in [5, 5.41) is 4.57. The molecule has 0 aliphatic carbocycles. The van der Waals surface area contributed by atoms with Crippen LogP contribution in [0, 0.1) is 39.6 Å². The summed E-state index contributed by atoms with van der Waals surface area (Å²) in [6.07, 6.45) is 1.82. The van der Waals surface area contributed by atoms with Gasteiger partial charge in [-0.15, -0.1) is 48.1 Å². The quantitative estimate of drug-likeness (QED) is 0.149. The molecule has 2 aromatic heterocycles. The van der Waals surface area contributed by atoms with E-state index >= 15 is 0 Å². The first-order chi connectivity index (χ1) is 29.5. The minimum atomic E-state index is 0. The summed E-state index contributed by atoms with van der Waals surface area (Å²) in [6.45, 7) is 9.02. The molecule has 0 bridgehead atoms. The van der Waals surface area contributed by atoms with Gasteiger partial charge in [0.05, 0.1) is 0 Å². The second kappa shape index (κ2) is 15.6. The van der Waals surface area contributed by atoms with Crippen molar-refractivity contribution in [3.05, 3.63) is 212 Å². The Kier molecular flexibility index (Phi) is 9.78. The maximum absolute atomic E-state index is 6.64. The second-order valence-electron chi connectivity index (χ2n) is 15.3. The molecule has 1 aliphatic rings.